The summed E-state index contributed by atoms with van der Waals surface area (Å²) < 4.78 is 26.7. The van der Waals surface area contributed by atoms with Gasteiger partial charge in [-0.1, -0.05) is 0 Å². The summed E-state index contributed by atoms with van der Waals surface area (Å²) in [6.07, 6.45) is -12.6. The predicted molar refractivity (Wildman–Crippen MR) is 86.7 cm³/mol. The van der Waals surface area contributed by atoms with Gasteiger partial charge in [-0.05, 0) is 6.92 Å². The Morgan fingerprint density at radius 2 is 1.50 bits per heavy atom. The molecule has 0 saturated carbocycles. The van der Waals surface area contributed by atoms with E-state index < -0.39 is 80.2 Å². The van der Waals surface area contributed by atoms with Gasteiger partial charge in [-0.2, -0.15) is 0 Å². The van der Waals surface area contributed by atoms with Crippen LogP contribution in [0.15, 0.2) is 0 Å². The van der Waals surface area contributed by atoms with Crippen LogP contribution in [-0.4, -0.2) is 129 Å². The molecule has 0 aromatic rings. The maximum absolute atomic E-state index is 10.5. The molecule has 3 saturated heterocycles. The Morgan fingerprint density at radius 1 is 0.857 bits per heavy atom. The van der Waals surface area contributed by atoms with Crippen molar-refractivity contribution >= 4 is 0 Å². The molecule has 0 unspecified atom stereocenters. The van der Waals surface area contributed by atoms with Crippen LogP contribution in [0.25, 0.3) is 0 Å². The summed E-state index contributed by atoms with van der Waals surface area (Å²) in [5, 5.41) is 69.8. The number of hydrogen-bond donors (Lipinski definition) is 7. The SMILES string of the molecule is C[C@@H]1OC[C@H](O)[C@H](O)[C@H]1O[C@@H]1OC[C@@H](O)[C@H](O[C@@H]2OC[C@](O)(CO)[C@H]2O)[C@H]1O. The van der Waals surface area contributed by atoms with Gasteiger partial charge in [0.25, 0.3) is 0 Å². The summed E-state index contributed by atoms with van der Waals surface area (Å²) in [6, 6.07) is 0. The van der Waals surface area contributed by atoms with Crippen LogP contribution in [0, 0.1) is 0 Å². The monoisotopic (exact) mass is 412 g/mol. The summed E-state index contributed by atoms with van der Waals surface area (Å²) in [7, 11) is 0. The fourth-order valence-electron chi connectivity index (χ4n) is 3.41. The second-order valence-corrected chi connectivity index (χ2v) is 7.44. The summed E-state index contributed by atoms with van der Waals surface area (Å²) in [6.45, 7) is 0.103. The molecular formula is C16H28O12. The molecular weight excluding hydrogens is 384 g/mol. The summed E-state index contributed by atoms with van der Waals surface area (Å²) >= 11 is 0. The molecule has 0 spiro atoms. The smallest absolute Gasteiger partial charge is 0.187 e. The topological polar surface area (TPSA) is 188 Å². The lowest BCUT2D eigenvalue weighted by Crippen LogP contribution is -2.61. The third-order valence-electron chi connectivity index (χ3n) is 5.31. The van der Waals surface area contributed by atoms with Crippen LogP contribution in [-0.2, 0) is 23.7 Å². The van der Waals surface area contributed by atoms with E-state index in [1.807, 2.05) is 0 Å². The molecule has 0 aromatic heterocycles. The number of rotatable bonds is 5. The van der Waals surface area contributed by atoms with E-state index in [-0.39, 0.29) is 13.2 Å². The Balaban J connectivity index is 1.65. The zero-order valence-electron chi connectivity index (χ0n) is 15.3. The molecule has 3 rings (SSSR count). The molecule has 3 aliphatic heterocycles. The maximum Gasteiger partial charge on any atom is 0.187 e. The quantitative estimate of drug-likeness (QED) is 0.229. The van der Waals surface area contributed by atoms with Gasteiger partial charge in [0.05, 0.1) is 32.5 Å². The van der Waals surface area contributed by atoms with Crippen molar-refractivity contribution in [2.75, 3.05) is 26.4 Å². The van der Waals surface area contributed by atoms with Gasteiger partial charge >= 0.3 is 0 Å². The normalized spacial score (nSPS) is 52.7. The molecule has 0 aromatic carbocycles. The van der Waals surface area contributed by atoms with Gasteiger partial charge in [-0.25, -0.2) is 0 Å². The third kappa shape index (κ3) is 4.19. The standard InChI is InChI=1S/C16H28O12/c1-6-11(9(20)7(18)2-24-6)27-14-10(21)12(8(19)3-25-14)28-15-13(22)16(23,4-17)5-26-15/h6-15,17-23H,2-5H2,1H3/t6-,7-,8+,9-,10+,11-,12-,13-,14-,15-,16+/m0/s1. The van der Waals surface area contributed by atoms with Crippen molar-refractivity contribution < 1.29 is 59.4 Å². The number of ether oxygens (including phenoxy) is 5. The molecule has 3 aliphatic rings. The minimum Gasteiger partial charge on any atom is -0.393 e. The fourth-order valence-corrected chi connectivity index (χ4v) is 3.41. The summed E-state index contributed by atoms with van der Waals surface area (Å²) in [4.78, 5) is 0. The minimum absolute atomic E-state index is 0.0641. The van der Waals surface area contributed by atoms with Gasteiger partial charge in [-0.15, -0.1) is 0 Å². The minimum atomic E-state index is -1.92. The molecule has 0 amide bonds. The van der Waals surface area contributed by atoms with Gasteiger partial charge in [0, 0.05) is 0 Å². The Morgan fingerprint density at radius 3 is 2.14 bits per heavy atom. The van der Waals surface area contributed by atoms with Crippen LogP contribution in [0.3, 0.4) is 0 Å². The molecule has 28 heavy (non-hydrogen) atoms. The van der Waals surface area contributed by atoms with Gasteiger partial charge < -0.3 is 59.4 Å². The molecule has 7 N–H and O–H groups in total. The third-order valence-corrected chi connectivity index (χ3v) is 5.31. The van der Waals surface area contributed by atoms with Gasteiger partial charge in [0.2, 0.25) is 0 Å². The van der Waals surface area contributed by atoms with Crippen molar-refractivity contribution in [2.45, 2.75) is 73.9 Å². The van der Waals surface area contributed by atoms with Crippen LogP contribution in [0.1, 0.15) is 6.92 Å². The molecule has 12 heteroatoms. The van der Waals surface area contributed by atoms with E-state index in [2.05, 4.69) is 0 Å². The Kier molecular flexibility index (Phi) is 6.91. The number of hydrogen-bond acceptors (Lipinski definition) is 12. The highest BCUT2D eigenvalue weighted by atomic mass is 16.7. The fraction of sp³-hybridized carbons (Fsp3) is 1.00. The molecule has 0 bridgehead atoms. The lowest BCUT2D eigenvalue weighted by atomic mass is 9.99. The average molecular weight is 412 g/mol. The first-order valence-electron chi connectivity index (χ1n) is 9.07. The molecule has 164 valence electrons. The van der Waals surface area contributed by atoms with Crippen molar-refractivity contribution in [2.24, 2.45) is 0 Å². The second-order valence-electron chi connectivity index (χ2n) is 7.44. The van der Waals surface area contributed by atoms with Crippen LogP contribution < -0.4 is 0 Å². The Labute approximate surface area is 160 Å². The zero-order chi connectivity index (χ0) is 20.6. The highest BCUT2D eigenvalue weighted by Crippen LogP contribution is 2.30. The Bertz CT molecular complexity index is 522. The van der Waals surface area contributed by atoms with E-state index in [4.69, 9.17) is 23.7 Å². The van der Waals surface area contributed by atoms with E-state index in [1.165, 1.54) is 0 Å². The van der Waals surface area contributed by atoms with Gasteiger partial charge in [0.15, 0.2) is 12.6 Å². The molecule has 0 aliphatic carbocycles. The number of aliphatic hydroxyl groups is 7. The molecule has 3 heterocycles. The van der Waals surface area contributed by atoms with Crippen molar-refractivity contribution in [3.8, 4) is 0 Å². The molecule has 12 nitrogen and oxygen atoms in total. The van der Waals surface area contributed by atoms with Crippen LogP contribution in [0.5, 0.6) is 0 Å². The van der Waals surface area contributed by atoms with Crippen molar-refractivity contribution in [1.82, 2.24) is 0 Å². The zero-order valence-corrected chi connectivity index (χ0v) is 15.3. The number of aliphatic hydroxyl groups excluding tert-OH is 6. The van der Waals surface area contributed by atoms with E-state index in [0.29, 0.717) is 0 Å². The van der Waals surface area contributed by atoms with E-state index >= 15 is 0 Å². The summed E-state index contributed by atoms with van der Waals surface area (Å²) in [5.74, 6) is 0. The lowest BCUT2D eigenvalue weighted by molar-refractivity contribution is -0.332. The molecule has 0 radical (unpaired) electrons. The van der Waals surface area contributed by atoms with E-state index in [0.717, 1.165) is 0 Å². The van der Waals surface area contributed by atoms with Crippen molar-refractivity contribution in [1.29, 1.82) is 0 Å². The highest BCUT2D eigenvalue weighted by Gasteiger charge is 2.52. The van der Waals surface area contributed by atoms with E-state index in [1.54, 1.807) is 6.92 Å². The van der Waals surface area contributed by atoms with E-state index in [9.17, 15) is 35.7 Å². The van der Waals surface area contributed by atoms with Crippen LogP contribution >= 0.6 is 0 Å². The maximum atomic E-state index is 10.5. The van der Waals surface area contributed by atoms with Gasteiger partial charge in [-0.3, -0.25) is 0 Å². The van der Waals surface area contributed by atoms with Crippen molar-refractivity contribution in [3.05, 3.63) is 0 Å². The first-order chi connectivity index (χ1) is 13.2. The first kappa shape index (κ1) is 22.2. The second kappa shape index (κ2) is 8.71. The molecule has 11 atom stereocenters. The Hall–Kier alpha value is -0.480. The lowest BCUT2D eigenvalue weighted by Gasteiger charge is -2.43. The van der Waals surface area contributed by atoms with Crippen LogP contribution in [0.4, 0.5) is 0 Å². The van der Waals surface area contributed by atoms with Gasteiger partial charge in [0.1, 0.15) is 48.3 Å². The highest BCUT2D eigenvalue weighted by molar-refractivity contribution is 4.95. The average Bonchev–Trinajstić information content (AvgIpc) is 2.96. The predicted octanol–water partition coefficient (Wildman–Crippen LogP) is -4.58. The molecule has 3 fully saturated rings. The van der Waals surface area contributed by atoms with Crippen LogP contribution in [0.2, 0.25) is 0 Å². The summed E-state index contributed by atoms with van der Waals surface area (Å²) in [5.41, 5.74) is -1.92. The van der Waals surface area contributed by atoms with Crippen molar-refractivity contribution in [3.63, 3.8) is 0 Å². The first-order valence-corrected chi connectivity index (χ1v) is 9.07. The largest absolute Gasteiger partial charge is 0.393 e.